The second-order valence-electron chi connectivity index (χ2n) is 9.98. The molecule has 2 aromatic rings. The van der Waals surface area contributed by atoms with Gasteiger partial charge in [0.2, 0.25) is 5.91 Å². The van der Waals surface area contributed by atoms with E-state index in [2.05, 4.69) is 44.7 Å². The van der Waals surface area contributed by atoms with Crippen LogP contribution in [0.4, 0.5) is 5.69 Å². The SMILES string of the molecule is CC(C)CCNC(=O)C1(c2ccc(NS(=O)(=O)c3ccc(C(C)(C)C)cc3)cc2)CC1. The summed E-state index contributed by atoms with van der Waals surface area (Å²) < 4.78 is 28.2. The topological polar surface area (TPSA) is 75.3 Å². The van der Waals surface area contributed by atoms with Crippen molar-refractivity contribution in [2.45, 2.75) is 69.6 Å². The molecular formula is C25H34N2O3S. The van der Waals surface area contributed by atoms with Gasteiger partial charge in [-0.25, -0.2) is 8.42 Å². The summed E-state index contributed by atoms with van der Waals surface area (Å²) in [6, 6.07) is 14.2. The molecule has 0 aromatic heterocycles. The highest BCUT2D eigenvalue weighted by Gasteiger charge is 2.51. The van der Waals surface area contributed by atoms with E-state index in [4.69, 9.17) is 0 Å². The molecule has 2 N–H and O–H groups in total. The maximum Gasteiger partial charge on any atom is 0.261 e. The van der Waals surface area contributed by atoms with Crippen LogP contribution in [0.3, 0.4) is 0 Å². The molecule has 0 unspecified atom stereocenters. The van der Waals surface area contributed by atoms with Crippen molar-refractivity contribution in [2.24, 2.45) is 5.92 Å². The molecule has 0 heterocycles. The first kappa shape index (κ1) is 23.3. The lowest BCUT2D eigenvalue weighted by molar-refractivity contribution is -0.123. The van der Waals surface area contributed by atoms with Gasteiger partial charge >= 0.3 is 0 Å². The van der Waals surface area contributed by atoms with Crippen LogP contribution in [0.25, 0.3) is 0 Å². The summed E-state index contributed by atoms with van der Waals surface area (Å²) in [4.78, 5) is 12.9. The summed E-state index contributed by atoms with van der Waals surface area (Å²) in [5, 5.41) is 3.05. The van der Waals surface area contributed by atoms with Crippen molar-refractivity contribution in [2.75, 3.05) is 11.3 Å². The molecule has 2 aromatic carbocycles. The van der Waals surface area contributed by atoms with E-state index in [1.807, 2.05) is 24.3 Å². The fraction of sp³-hybridized carbons (Fsp3) is 0.480. The van der Waals surface area contributed by atoms with Gasteiger partial charge in [0, 0.05) is 12.2 Å². The molecule has 3 rings (SSSR count). The van der Waals surface area contributed by atoms with E-state index in [0.29, 0.717) is 18.2 Å². The van der Waals surface area contributed by atoms with Crippen LogP contribution >= 0.6 is 0 Å². The van der Waals surface area contributed by atoms with Gasteiger partial charge in [0.25, 0.3) is 10.0 Å². The van der Waals surface area contributed by atoms with Crippen LogP contribution in [0.1, 0.15) is 65.0 Å². The molecule has 1 aliphatic carbocycles. The molecule has 5 nitrogen and oxygen atoms in total. The molecular weight excluding hydrogens is 408 g/mol. The third kappa shape index (κ3) is 5.48. The third-order valence-electron chi connectivity index (χ3n) is 5.91. The molecule has 1 amide bonds. The zero-order chi connectivity index (χ0) is 22.9. The Hall–Kier alpha value is -2.34. The number of rotatable bonds is 8. The lowest BCUT2D eigenvalue weighted by Crippen LogP contribution is -2.35. The van der Waals surface area contributed by atoms with Gasteiger partial charge in [-0.15, -0.1) is 0 Å². The van der Waals surface area contributed by atoms with E-state index in [1.165, 1.54) is 0 Å². The van der Waals surface area contributed by atoms with Gasteiger partial charge < -0.3 is 5.32 Å². The Morgan fingerprint density at radius 1 is 1.00 bits per heavy atom. The molecule has 0 bridgehead atoms. The Balaban J connectivity index is 1.68. The molecule has 0 radical (unpaired) electrons. The number of carbonyl (C=O) groups is 1. The Kier molecular flexibility index (Phi) is 6.51. The van der Waals surface area contributed by atoms with Gasteiger partial charge in [0.1, 0.15) is 0 Å². The van der Waals surface area contributed by atoms with E-state index < -0.39 is 15.4 Å². The van der Waals surface area contributed by atoms with Gasteiger partial charge in [0.05, 0.1) is 10.3 Å². The maximum absolute atomic E-state index is 12.8. The molecule has 1 fully saturated rings. The highest BCUT2D eigenvalue weighted by Crippen LogP contribution is 2.48. The minimum Gasteiger partial charge on any atom is -0.355 e. The van der Waals surface area contributed by atoms with Gasteiger partial charge in [-0.3, -0.25) is 9.52 Å². The predicted molar refractivity (Wildman–Crippen MR) is 126 cm³/mol. The minimum atomic E-state index is -3.67. The fourth-order valence-electron chi connectivity index (χ4n) is 3.62. The number of amides is 1. The van der Waals surface area contributed by atoms with E-state index in [-0.39, 0.29) is 16.2 Å². The lowest BCUT2D eigenvalue weighted by Gasteiger charge is -2.19. The van der Waals surface area contributed by atoms with Crippen molar-refractivity contribution in [3.63, 3.8) is 0 Å². The minimum absolute atomic E-state index is 0.0363. The zero-order valence-corrected chi connectivity index (χ0v) is 20.0. The second kappa shape index (κ2) is 8.65. The highest BCUT2D eigenvalue weighted by molar-refractivity contribution is 7.92. The zero-order valence-electron chi connectivity index (χ0n) is 19.2. The number of benzene rings is 2. The van der Waals surface area contributed by atoms with Gasteiger partial charge in [-0.2, -0.15) is 0 Å². The number of anilines is 1. The van der Waals surface area contributed by atoms with Crippen LogP contribution in [-0.2, 0) is 25.6 Å². The Labute approximate surface area is 186 Å². The van der Waals surface area contributed by atoms with Crippen LogP contribution in [-0.4, -0.2) is 20.9 Å². The number of hydrogen-bond donors (Lipinski definition) is 2. The Morgan fingerprint density at radius 3 is 2.06 bits per heavy atom. The van der Waals surface area contributed by atoms with Gasteiger partial charge in [-0.1, -0.05) is 58.9 Å². The summed E-state index contributed by atoms with van der Waals surface area (Å²) >= 11 is 0. The first-order valence-electron chi connectivity index (χ1n) is 11.0. The lowest BCUT2D eigenvalue weighted by atomic mass is 9.87. The number of nitrogens with one attached hydrogen (secondary N) is 2. The van der Waals surface area contributed by atoms with Crippen molar-refractivity contribution in [3.05, 3.63) is 59.7 Å². The average Bonchev–Trinajstić information content (AvgIpc) is 3.49. The Bertz CT molecular complexity index is 1010. The summed E-state index contributed by atoms with van der Waals surface area (Å²) in [5.74, 6) is 0.618. The summed E-state index contributed by atoms with van der Waals surface area (Å²) in [6.45, 7) is 11.2. The van der Waals surface area contributed by atoms with Crippen LogP contribution < -0.4 is 10.0 Å². The number of carbonyl (C=O) groups excluding carboxylic acids is 1. The van der Waals surface area contributed by atoms with Crippen molar-refractivity contribution in [3.8, 4) is 0 Å². The molecule has 6 heteroatoms. The van der Waals surface area contributed by atoms with Gasteiger partial charge in [-0.05, 0) is 66.0 Å². The van der Waals surface area contributed by atoms with E-state index in [0.717, 1.165) is 30.4 Å². The smallest absolute Gasteiger partial charge is 0.261 e. The molecule has 168 valence electrons. The normalized spacial score (nSPS) is 15.5. The second-order valence-corrected chi connectivity index (χ2v) is 11.7. The van der Waals surface area contributed by atoms with Crippen LogP contribution in [0, 0.1) is 5.92 Å². The van der Waals surface area contributed by atoms with Crippen molar-refractivity contribution >= 4 is 21.6 Å². The predicted octanol–water partition coefficient (Wildman–Crippen LogP) is 4.98. The highest BCUT2D eigenvalue weighted by atomic mass is 32.2. The third-order valence-corrected chi connectivity index (χ3v) is 7.31. The fourth-order valence-corrected chi connectivity index (χ4v) is 4.68. The van der Waals surface area contributed by atoms with Crippen molar-refractivity contribution in [1.82, 2.24) is 5.32 Å². The van der Waals surface area contributed by atoms with Crippen LogP contribution in [0.2, 0.25) is 0 Å². The van der Waals surface area contributed by atoms with Crippen molar-refractivity contribution < 1.29 is 13.2 Å². The monoisotopic (exact) mass is 442 g/mol. The maximum atomic E-state index is 12.8. The molecule has 0 spiro atoms. The van der Waals surface area contributed by atoms with Crippen molar-refractivity contribution in [1.29, 1.82) is 0 Å². The first-order chi connectivity index (χ1) is 14.4. The largest absolute Gasteiger partial charge is 0.355 e. The Morgan fingerprint density at radius 2 is 1.58 bits per heavy atom. The average molecular weight is 443 g/mol. The molecule has 0 atom stereocenters. The van der Waals surface area contributed by atoms with E-state index >= 15 is 0 Å². The number of hydrogen-bond acceptors (Lipinski definition) is 3. The first-order valence-corrected chi connectivity index (χ1v) is 12.4. The van der Waals surface area contributed by atoms with E-state index in [9.17, 15) is 13.2 Å². The molecule has 1 saturated carbocycles. The van der Waals surface area contributed by atoms with Crippen LogP contribution in [0.5, 0.6) is 0 Å². The summed E-state index contributed by atoms with van der Waals surface area (Å²) in [5.41, 5.74) is 2.01. The van der Waals surface area contributed by atoms with Crippen LogP contribution in [0.15, 0.2) is 53.4 Å². The standard InChI is InChI=1S/C25H34N2O3S/c1-18(2)14-17-26-23(28)25(15-16-25)20-6-10-21(11-7-20)27-31(29,30)22-12-8-19(9-13-22)24(3,4)5/h6-13,18,27H,14-17H2,1-5H3,(H,26,28). The molecule has 31 heavy (non-hydrogen) atoms. The molecule has 0 saturated heterocycles. The molecule has 1 aliphatic rings. The van der Waals surface area contributed by atoms with E-state index in [1.54, 1.807) is 24.3 Å². The summed E-state index contributed by atoms with van der Waals surface area (Å²) in [7, 11) is -3.67. The van der Waals surface area contributed by atoms with Gasteiger partial charge in [0.15, 0.2) is 0 Å². The quantitative estimate of drug-likeness (QED) is 0.605. The number of sulfonamides is 1. The summed E-state index contributed by atoms with van der Waals surface area (Å²) in [6.07, 6.45) is 2.61. The molecule has 0 aliphatic heterocycles.